The average molecular weight is 325 g/mol. The molecule has 0 saturated heterocycles. The van der Waals surface area contributed by atoms with E-state index in [2.05, 4.69) is 10.3 Å². The highest BCUT2D eigenvalue weighted by Crippen LogP contribution is 2.23. The van der Waals surface area contributed by atoms with E-state index in [9.17, 15) is 21.6 Å². The molecule has 0 radical (unpaired) electrons. The van der Waals surface area contributed by atoms with Crippen LogP contribution >= 0.6 is 0 Å². The molecule has 120 valence electrons. The average Bonchev–Trinajstić information content (AvgIpc) is 2.33. The second-order valence-electron chi connectivity index (χ2n) is 4.62. The van der Waals surface area contributed by atoms with Gasteiger partial charge < -0.3 is 5.32 Å². The molecule has 0 fully saturated rings. The quantitative estimate of drug-likeness (QED) is 0.808. The van der Waals surface area contributed by atoms with E-state index in [4.69, 9.17) is 0 Å². The molecule has 0 aliphatic heterocycles. The number of pyridine rings is 1. The molecule has 0 aliphatic carbocycles. The standard InChI is InChI=1S/C12H18F3N3O2S/c1-3-6-16-10-5-4-7-17-11(10)21(19,20)18-9(2)8-12(13,14)15/h4-5,7,9,16,18H,3,6,8H2,1-2H3. The Morgan fingerprint density at radius 1 is 1.38 bits per heavy atom. The predicted molar refractivity (Wildman–Crippen MR) is 73.5 cm³/mol. The van der Waals surface area contributed by atoms with Crippen LogP contribution in [-0.2, 0) is 10.0 Å². The lowest BCUT2D eigenvalue weighted by Gasteiger charge is -2.17. The van der Waals surface area contributed by atoms with Crippen molar-refractivity contribution in [3.8, 4) is 0 Å². The highest BCUT2D eigenvalue weighted by Gasteiger charge is 2.32. The van der Waals surface area contributed by atoms with Gasteiger partial charge in [-0.15, -0.1) is 0 Å². The number of nitrogens with zero attached hydrogens (tertiary/aromatic N) is 1. The van der Waals surface area contributed by atoms with Gasteiger partial charge in [-0.1, -0.05) is 6.92 Å². The van der Waals surface area contributed by atoms with Crippen LogP contribution in [0.5, 0.6) is 0 Å². The summed E-state index contributed by atoms with van der Waals surface area (Å²) < 4.78 is 63.1. The summed E-state index contributed by atoms with van der Waals surface area (Å²) in [6.45, 7) is 3.60. The Kier molecular flexibility index (Phi) is 5.97. The van der Waals surface area contributed by atoms with Crippen LogP contribution in [0.25, 0.3) is 0 Å². The van der Waals surface area contributed by atoms with E-state index in [1.165, 1.54) is 12.3 Å². The number of hydrogen-bond acceptors (Lipinski definition) is 4. The van der Waals surface area contributed by atoms with Gasteiger partial charge in [0.1, 0.15) is 0 Å². The van der Waals surface area contributed by atoms with Crippen molar-refractivity contribution < 1.29 is 21.6 Å². The topological polar surface area (TPSA) is 71.1 Å². The van der Waals surface area contributed by atoms with E-state index in [0.29, 0.717) is 6.54 Å². The first-order chi connectivity index (χ1) is 9.65. The fourth-order valence-corrected chi connectivity index (χ4v) is 3.06. The van der Waals surface area contributed by atoms with E-state index in [1.54, 1.807) is 6.07 Å². The number of aromatic nitrogens is 1. The molecule has 0 aromatic carbocycles. The van der Waals surface area contributed by atoms with Crippen molar-refractivity contribution >= 4 is 15.7 Å². The lowest BCUT2D eigenvalue weighted by atomic mass is 10.2. The first-order valence-electron chi connectivity index (χ1n) is 6.43. The molecule has 1 aromatic rings. The third-order valence-corrected chi connectivity index (χ3v) is 4.03. The van der Waals surface area contributed by atoms with E-state index in [0.717, 1.165) is 13.3 Å². The van der Waals surface area contributed by atoms with Crippen LogP contribution in [-0.4, -0.2) is 32.2 Å². The second kappa shape index (κ2) is 7.08. The molecule has 1 atom stereocenters. The van der Waals surface area contributed by atoms with Gasteiger partial charge in [0.05, 0.1) is 12.1 Å². The van der Waals surface area contributed by atoms with Gasteiger partial charge in [-0.25, -0.2) is 18.1 Å². The number of alkyl halides is 3. The second-order valence-corrected chi connectivity index (χ2v) is 6.25. The molecule has 21 heavy (non-hydrogen) atoms. The molecule has 1 rings (SSSR count). The maximum atomic E-state index is 12.3. The summed E-state index contributed by atoms with van der Waals surface area (Å²) in [6.07, 6.45) is -3.63. The molecule has 1 heterocycles. The summed E-state index contributed by atoms with van der Waals surface area (Å²) in [5.74, 6) is 0. The highest BCUT2D eigenvalue weighted by atomic mass is 32.2. The first kappa shape index (κ1) is 17.7. The van der Waals surface area contributed by atoms with Crippen molar-refractivity contribution in [2.75, 3.05) is 11.9 Å². The van der Waals surface area contributed by atoms with Gasteiger partial charge in [-0.3, -0.25) is 0 Å². The van der Waals surface area contributed by atoms with Crippen molar-refractivity contribution in [1.82, 2.24) is 9.71 Å². The monoisotopic (exact) mass is 325 g/mol. The van der Waals surface area contributed by atoms with Crippen LogP contribution in [0.3, 0.4) is 0 Å². The first-order valence-corrected chi connectivity index (χ1v) is 7.92. The van der Waals surface area contributed by atoms with E-state index >= 15 is 0 Å². The zero-order chi connectivity index (χ0) is 16.1. The number of anilines is 1. The molecule has 2 N–H and O–H groups in total. The number of nitrogens with one attached hydrogen (secondary N) is 2. The third-order valence-electron chi connectivity index (χ3n) is 2.49. The molecule has 1 aromatic heterocycles. The zero-order valence-corrected chi connectivity index (χ0v) is 12.6. The van der Waals surface area contributed by atoms with Crippen molar-refractivity contribution in [2.24, 2.45) is 0 Å². The van der Waals surface area contributed by atoms with Gasteiger partial charge in [0.2, 0.25) is 0 Å². The van der Waals surface area contributed by atoms with Crippen molar-refractivity contribution in [3.05, 3.63) is 18.3 Å². The molecule has 1 unspecified atom stereocenters. The Labute approximate surface area is 122 Å². The number of rotatable bonds is 7. The number of hydrogen-bond donors (Lipinski definition) is 2. The summed E-state index contributed by atoms with van der Waals surface area (Å²) in [4.78, 5) is 3.76. The minimum absolute atomic E-state index is 0.269. The lowest BCUT2D eigenvalue weighted by molar-refractivity contribution is -0.137. The molecule has 0 spiro atoms. The van der Waals surface area contributed by atoms with Crippen LogP contribution in [0, 0.1) is 0 Å². The predicted octanol–water partition coefficient (Wildman–Crippen LogP) is 2.52. The van der Waals surface area contributed by atoms with Gasteiger partial charge in [-0.2, -0.15) is 13.2 Å². The Morgan fingerprint density at radius 3 is 2.62 bits per heavy atom. The van der Waals surface area contributed by atoms with Gasteiger partial charge in [0, 0.05) is 18.8 Å². The Bertz CT molecular complexity index is 561. The van der Waals surface area contributed by atoms with Crippen molar-refractivity contribution in [1.29, 1.82) is 0 Å². The number of sulfonamides is 1. The molecule has 9 heteroatoms. The van der Waals surface area contributed by atoms with Crippen LogP contribution in [0.15, 0.2) is 23.4 Å². The summed E-state index contributed by atoms with van der Waals surface area (Å²) in [5, 5.41) is 2.59. The summed E-state index contributed by atoms with van der Waals surface area (Å²) >= 11 is 0. The fraction of sp³-hybridized carbons (Fsp3) is 0.583. The Balaban J connectivity index is 2.92. The summed E-state index contributed by atoms with van der Waals surface area (Å²) in [7, 11) is -4.12. The van der Waals surface area contributed by atoms with Crippen LogP contribution < -0.4 is 10.0 Å². The van der Waals surface area contributed by atoms with Crippen LogP contribution in [0.2, 0.25) is 0 Å². The fourth-order valence-electron chi connectivity index (χ4n) is 1.71. The van der Waals surface area contributed by atoms with E-state index in [-0.39, 0.29) is 10.7 Å². The van der Waals surface area contributed by atoms with Crippen molar-refractivity contribution in [3.63, 3.8) is 0 Å². The van der Waals surface area contributed by atoms with Gasteiger partial charge >= 0.3 is 6.18 Å². The molecule has 0 saturated carbocycles. The SMILES string of the molecule is CCCNc1cccnc1S(=O)(=O)NC(C)CC(F)(F)F. The van der Waals surface area contributed by atoms with Gasteiger partial charge in [0.15, 0.2) is 5.03 Å². The molecule has 0 bridgehead atoms. The minimum Gasteiger partial charge on any atom is -0.383 e. The lowest BCUT2D eigenvalue weighted by Crippen LogP contribution is -2.36. The normalized spacial score (nSPS) is 14.0. The number of halogens is 3. The summed E-state index contributed by atoms with van der Waals surface area (Å²) in [5.41, 5.74) is 0.269. The van der Waals surface area contributed by atoms with Crippen molar-refractivity contribution in [2.45, 2.75) is 43.9 Å². The van der Waals surface area contributed by atoms with Gasteiger partial charge in [0.25, 0.3) is 10.0 Å². The summed E-state index contributed by atoms with van der Waals surface area (Å²) in [6, 6.07) is 1.80. The Morgan fingerprint density at radius 2 is 2.05 bits per heavy atom. The largest absolute Gasteiger partial charge is 0.390 e. The third kappa shape index (κ3) is 5.88. The molecular formula is C12H18F3N3O2S. The highest BCUT2D eigenvalue weighted by molar-refractivity contribution is 7.89. The van der Waals surface area contributed by atoms with Gasteiger partial charge in [-0.05, 0) is 25.5 Å². The zero-order valence-electron chi connectivity index (χ0n) is 11.7. The van der Waals surface area contributed by atoms with Crippen LogP contribution in [0.4, 0.5) is 18.9 Å². The van der Waals surface area contributed by atoms with E-state index in [1.807, 2.05) is 11.6 Å². The molecule has 5 nitrogen and oxygen atoms in total. The maximum Gasteiger partial charge on any atom is 0.390 e. The van der Waals surface area contributed by atoms with Crippen LogP contribution in [0.1, 0.15) is 26.7 Å². The molecular weight excluding hydrogens is 307 g/mol. The Hall–Kier alpha value is -1.35. The molecule has 0 amide bonds. The smallest absolute Gasteiger partial charge is 0.383 e. The maximum absolute atomic E-state index is 12.3. The van der Waals surface area contributed by atoms with E-state index < -0.39 is 28.7 Å². The minimum atomic E-state index is -4.44. The molecule has 0 aliphatic rings.